The minimum Gasteiger partial charge on any atom is -0.352 e. The van der Waals surface area contributed by atoms with Crippen LogP contribution >= 0.6 is 23.2 Å². The molecule has 47 heavy (non-hydrogen) atoms. The number of nitrogens with zero attached hydrogens (tertiary/aromatic N) is 2. The van der Waals surface area contributed by atoms with Gasteiger partial charge in [0.15, 0.2) is 0 Å². The zero-order valence-electron chi connectivity index (χ0n) is 25.7. The van der Waals surface area contributed by atoms with Crippen molar-refractivity contribution in [2.45, 2.75) is 62.0 Å². The number of rotatable bonds is 12. The van der Waals surface area contributed by atoms with Crippen molar-refractivity contribution >= 4 is 50.7 Å². The van der Waals surface area contributed by atoms with Gasteiger partial charge >= 0.3 is 0 Å². The summed E-state index contributed by atoms with van der Waals surface area (Å²) in [4.78, 5) is 30.1. The molecule has 1 aliphatic rings. The van der Waals surface area contributed by atoms with Gasteiger partial charge < -0.3 is 10.2 Å². The van der Waals surface area contributed by atoms with E-state index in [2.05, 4.69) is 5.32 Å². The largest absolute Gasteiger partial charge is 0.352 e. The second-order valence-corrected chi connectivity index (χ2v) is 14.3. The molecule has 4 aromatic carbocycles. The molecule has 11 heteroatoms. The number of benzene rings is 4. The molecule has 1 saturated carbocycles. The van der Waals surface area contributed by atoms with Crippen LogP contribution in [-0.2, 0) is 32.6 Å². The fourth-order valence-electron chi connectivity index (χ4n) is 5.80. The van der Waals surface area contributed by atoms with Crippen LogP contribution in [0.15, 0.2) is 108 Å². The maximum Gasteiger partial charge on any atom is 0.264 e. The van der Waals surface area contributed by atoms with Crippen molar-refractivity contribution < 1.29 is 22.4 Å². The second kappa shape index (κ2) is 15.8. The Kier molecular flexibility index (Phi) is 11.6. The average molecular weight is 697 g/mol. The van der Waals surface area contributed by atoms with Crippen molar-refractivity contribution in [2.24, 2.45) is 0 Å². The van der Waals surface area contributed by atoms with Gasteiger partial charge in [-0.3, -0.25) is 13.9 Å². The molecule has 0 spiro atoms. The SMILES string of the molecule is O=C(NC1CCCCC1)[C@H](Cc1ccccc1)N(Cc1ccccc1Cl)C(=O)CN(c1ccc(F)c(Cl)c1)S(=O)(=O)c1ccccc1. The topological polar surface area (TPSA) is 86.8 Å². The van der Waals surface area contributed by atoms with Gasteiger partial charge in [0.2, 0.25) is 11.8 Å². The third-order valence-corrected chi connectivity index (χ3v) is 10.8. The number of carbonyl (C=O) groups excluding carboxylic acids is 2. The molecule has 1 fully saturated rings. The lowest BCUT2D eigenvalue weighted by Gasteiger charge is -2.35. The number of amides is 2. The Labute approximate surface area is 285 Å². The first-order chi connectivity index (χ1) is 22.6. The molecule has 2 amide bonds. The van der Waals surface area contributed by atoms with Gasteiger partial charge in [-0.05, 0) is 60.4 Å². The van der Waals surface area contributed by atoms with Crippen molar-refractivity contribution in [2.75, 3.05) is 10.8 Å². The van der Waals surface area contributed by atoms with E-state index in [0.717, 1.165) is 48.0 Å². The monoisotopic (exact) mass is 695 g/mol. The normalized spacial score (nSPS) is 14.3. The number of hydrogen-bond donors (Lipinski definition) is 1. The van der Waals surface area contributed by atoms with Gasteiger partial charge in [0.05, 0.1) is 15.6 Å². The molecule has 0 saturated heterocycles. The quantitative estimate of drug-likeness (QED) is 0.167. The van der Waals surface area contributed by atoms with Gasteiger partial charge in [-0.1, -0.05) is 109 Å². The maximum absolute atomic E-state index is 14.6. The Morgan fingerprint density at radius 2 is 1.47 bits per heavy atom. The van der Waals surface area contributed by atoms with E-state index >= 15 is 0 Å². The van der Waals surface area contributed by atoms with Gasteiger partial charge in [0.1, 0.15) is 18.4 Å². The summed E-state index contributed by atoms with van der Waals surface area (Å²) < 4.78 is 43.3. The predicted molar refractivity (Wildman–Crippen MR) is 183 cm³/mol. The highest BCUT2D eigenvalue weighted by molar-refractivity contribution is 7.92. The van der Waals surface area contributed by atoms with E-state index in [-0.39, 0.29) is 40.5 Å². The summed E-state index contributed by atoms with van der Waals surface area (Å²) in [5.74, 6) is -1.71. The van der Waals surface area contributed by atoms with Crippen molar-refractivity contribution in [1.82, 2.24) is 10.2 Å². The van der Waals surface area contributed by atoms with Crippen molar-refractivity contribution in [3.05, 3.63) is 130 Å². The molecule has 4 aromatic rings. The molecular formula is C36H36Cl2FN3O4S. The third-order valence-electron chi connectivity index (χ3n) is 8.32. The summed E-state index contributed by atoms with van der Waals surface area (Å²) in [6, 6.07) is 26.4. The first-order valence-corrected chi connectivity index (χ1v) is 17.7. The molecule has 1 N–H and O–H groups in total. The molecule has 0 aromatic heterocycles. The number of sulfonamides is 1. The Balaban J connectivity index is 1.58. The zero-order chi connectivity index (χ0) is 33.4. The van der Waals surface area contributed by atoms with E-state index in [1.54, 1.807) is 42.5 Å². The molecular weight excluding hydrogens is 660 g/mol. The summed E-state index contributed by atoms with van der Waals surface area (Å²) in [7, 11) is -4.34. The van der Waals surface area contributed by atoms with E-state index in [4.69, 9.17) is 23.2 Å². The van der Waals surface area contributed by atoms with Crippen LogP contribution in [0.5, 0.6) is 0 Å². The molecule has 0 aliphatic heterocycles. The molecule has 0 heterocycles. The lowest BCUT2D eigenvalue weighted by atomic mass is 9.94. The highest BCUT2D eigenvalue weighted by Gasteiger charge is 2.36. The highest BCUT2D eigenvalue weighted by Crippen LogP contribution is 2.29. The number of hydrogen-bond acceptors (Lipinski definition) is 4. The highest BCUT2D eigenvalue weighted by atomic mass is 35.5. The van der Waals surface area contributed by atoms with Crippen LogP contribution < -0.4 is 9.62 Å². The summed E-state index contributed by atoms with van der Waals surface area (Å²) in [5, 5.41) is 3.27. The fraction of sp³-hybridized carbons (Fsp3) is 0.278. The average Bonchev–Trinajstić information content (AvgIpc) is 3.08. The summed E-state index contributed by atoms with van der Waals surface area (Å²) >= 11 is 12.7. The van der Waals surface area contributed by atoms with E-state index < -0.39 is 34.3 Å². The van der Waals surface area contributed by atoms with Crippen molar-refractivity contribution in [3.8, 4) is 0 Å². The van der Waals surface area contributed by atoms with E-state index in [1.807, 2.05) is 30.3 Å². The van der Waals surface area contributed by atoms with Crippen molar-refractivity contribution in [1.29, 1.82) is 0 Å². The van der Waals surface area contributed by atoms with Crippen LogP contribution in [0.3, 0.4) is 0 Å². The molecule has 1 atom stereocenters. The number of nitrogens with one attached hydrogen (secondary N) is 1. The predicted octanol–water partition coefficient (Wildman–Crippen LogP) is 7.42. The van der Waals surface area contributed by atoms with Crippen LogP contribution in [0, 0.1) is 5.82 Å². The van der Waals surface area contributed by atoms with Gasteiger partial charge in [-0.25, -0.2) is 12.8 Å². The van der Waals surface area contributed by atoms with E-state index in [9.17, 15) is 22.4 Å². The summed E-state index contributed by atoms with van der Waals surface area (Å²) in [6.07, 6.45) is 4.99. The first-order valence-electron chi connectivity index (χ1n) is 15.5. The van der Waals surface area contributed by atoms with Gasteiger partial charge in [0.25, 0.3) is 10.0 Å². The standard InChI is InChI=1S/C36H36Cl2FN3O4S/c37-31-19-11-10-14-27(31)24-41(34(22-26-12-4-1-5-13-26)36(44)40-28-15-6-2-7-16-28)35(43)25-42(29-20-21-33(39)32(38)23-29)47(45,46)30-17-8-3-9-18-30/h1,3-5,8-14,17-21,23,28,34H,2,6-7,15-16,22,24-25H2,(H,40,44)/t34-/m0/s1. The molecule has 0 bridgehead atoms. The lowest BCUT2D eigenvalue weighted by Crippen LogP contribution is -2.55. The molecule has 0 unspecified atom stereocenters. The van der Waals surface area contributed by atoms with Crippen LogP contribution in [0.4, 0.5) is 10.1 Å². The first kappa shape index (κ1) is 34.4. The minimum atomic E-state index is -4.34. The minimum absolute atomic E-state index is 0.00226. The van der Waals surface area contributed by atoms with Crippen LogP contribution in [0.25, 0.3) is 0 Å². The Bertz CT molecular complexity index is 1790. The molecule has 246 valence electrons. The van der Waals surface area contributed by atoms with Crippen LogP contribution in [0.2, 0.25) is 10.0 Å². The number of anilines is 1. The zero-order valence-corrected chi connectivity index (χ0v) is 28.0. The van der Waals surface area contributed by atoms with Crippen molar-refractivity contribution in [3.63, 3.8) is 0 Å². The molecule has 1 aliphatic carbocycles. The molecule has 5 rings (SSSR count). The van der Waals surface area contributed by atoms with E-state index in [1.165, 1.54) is 29.2 Å². The van der Waals surface area contributed by atoms with Gasteiger partial charge in [-0.15, -0.1) is 0 Å². The molecule has 7 nitrogen and oxygen atoms in total. The maximum atomic E-state index is 14.6. The smallest absolute Gasteiger partial charge is 0.264 e. The summed E-state index contributed by atoms with van der Waals surface area (Å²) in [5.41, 5.74) is 1.42. The van der Waals surface area contributed by atoms with Crippen LogP contribution in [-0.4, -0.2) is 43.8 Å². The second-order valence-electron chi connectivity index (χ2n) is 11.6. The Morgan fingerprint density at radius 1 is 0.830 bits per heavy atom. The molecule has 0 radical (unpaired) electrons. The van der Waals surface area contributed by atoms with Gasteiger partial charge in [-0.2, -0.15) is 0 Å². The third kappa shape index (κ3) is 8.71. The fourth-order valence-corrected chi connectivity index (χ4v) is 7.59. The Hall–Kier alpha value is -3.92. The number of carbonyl (C=O) groups is 2. The van der Waals surface area contributed by atoms with Crippen LogP contribution in [0.1, 0.15) is 43.2 Å². The summed E-state index contributed by atoms with van der Waals surface area (Å²) in [6.45, 7) is -0.747. The van der Waals surface area contributed by atoms with E-state index in [0.29, 0.717) is 10.6 Å². The number of halogens is 3. The lowest BCUT2D eigenvalue weighted by molar-refractivity contribution is -0.140. The Morgan fingerprint density at radius 3 is 2.13 bits per heavy atom. The van der Waals surface area contributed by atoms with Gasteiger partial charge in [0, 0.05) is 24.0 Å².